The standard InChI is InChI=1S/C13H23N3O2S/c1-11(2)9-13(10-14)16-19(17,18)8-5-12-3-6-15-7-4-12/h3-4,6-7,11,13,16H,5,8-10,14H2,1-2H3. The molecule has 0 saturated heterocycles. The maximum absolute atomic E-state index is 12.0. The summed E-state index contributed by atoms with van der Waals surface area (Å²) < 4.78 is 26.6. The Balaban J connectivity index is 2.51. The van der Waals surface area contributed by atoms with Crippen molar-refractivity contribution < 1.29 is 8.42 Å². The third-order valence-corrected chi connectivity index (χ3v) is 4.23. The molecule has 0 spiro atoms. The second-order valence-electron chi connectivity index (χ2n) is 5.10. The van der Waals surface area contributed by atoms with E-state index >= 15 is 0 Å². The van der Waals surface area contributed by atoms with E-state index in [9.17, 15) is 8.42 Å². The summed E-state index contributed by atoms with van der Waals surface area (Å²) in [5.41, 5.74) is 6.57. The molecular weight excluding hydrogens is 262 g/mol. The van der Waals surface area contributed by atoms with Gasteiger partial charge in [0, 0.05) is 25.0 Å². The summed E-state index contributed by atoms with van der Waals surface area (Å²) >= 11 is 0. The van der Waals surface area contributed by atoms with E-state index in [0.29, 0.717) is 18.9 Å². The lowest BCUT2D eigenvalue weighted by atomic mass is 10.1. The fourth-order valence-electron chi connectivity index (χ4n) is 1.88. The molecule has 0 amide bonds. The zero-order chi connectivity index (χ0) is 14.3. The van der Waals surface area contributed by atoms with E-state index in [1.807, 2.05) is 26.0 Å². The van der Waals surface area contributed by atoms with E-state index in [1.165, 1.54) is 0 Å². The lowest BCUT2D eigenvalue weighted by Gasteiger charge is -2.18. The first-order chi connectivity index (χ1) is 8.93. The number of nitrogens with two attached hydrogens (primary N) is 1. The molecule has 0 saturated carbocycles. The van der Waals surface area contributed by atoms with Gasteiger partial charge in [0.2, 0.25) is 10.0 Å². The molecule has 1 heterocycles. The van der Waals surface area contributed by atoms with Crippen molar-refractivity contribution in [2.24, 2.45) is 11.7 Å². The number of aryl methyl sites for hydroxylation is 1. The molecule has 3 N–H and O–H groups in total. The molecule has 0 aromatic carbocycles. The van der Waals surface area contributed by atoms with Crippen LogP contribution in [0.2, 0.25) is 0 Å². The minimum absolute atomic E-state index is 0.0750. The third-order valence-electron chi connectivity index (χ3n) is 2.80. The Kier molecular flexibility index (Phi) is 6.41. The summed E-state index contributed by atoms with van der Waals surface area (Å²) in [4.78, 5) is 3.90. The van der Waals surface area contributed by atoms with Crippen molar-refractivity contribution in [3.05, 3.63) is 30.1 Å². The molecule has 108 valence electrons. The predicted molar refractivity (Wildman–Crippen MR) is 77.2 cm³/mol. The molecule has 1 aromatic heterocycles. The molecule has 0 radical (unpaired) electrons. The normalized spacial score (nSPS) is 13.7. The number of nitrogens with zero attached hydrogens (tertiary/aromatic N) is 1. The largest absolute Gasteiger partial charge is 0.329 e. The molecule has 0 bridgehead atoms. The Bertz CT molecular complexity index is 460. The van der Waals surface area contributed by atoms with Crippen molar-refractivity contribution in [2.75, 3.05) is 12.3 Å². The minimum atomic E-state index is -3.29. The molecule has 19 heavy (non-hydrogen) atoms. The zero-order valence-corrected chi connectivity index (χ0v) is 12.4. The fourth-order valence-corrected chi connectivity index (χ4v) is 3.20. The van der Waals surface area contributed by atoms with E-state index in [-0.39, 0.29) is 11.8 Å². The van der Waals surface area contributed by atoms with E-state index in [0.717, 1.165) is 12.0 Å². The van der Waals surface area contributed by atoms with Crippen LogP contribution in [0.15, 0.2) is 24.5 Å². The Hall–Kier alpha value is -0.980. The van der Waals surface area contributed by atoms with Gasteiger partial charge < -0.3 is 5.73 Å². The fraction of sp³-hybridized carbons (Fsp3) is 0.615. The SMILES string of the molecule is CC(C)CC(CN)NS(=O)(=O)CCc1ccncc1. The first kappa shape index (κ1) is 16.1. The van der Waals surface area contributed by atoms with Gasteiger partial charge in [-0.15, -0.1) is 0 Å². The Labute approximate surface area is 115 Å². The Morgan fingerprint density at radius 2 is 1.95 bits per heavy atom. The number of aromatic nitrogens is 1. The summed E-state index contributed by atoms with van der Waals surface area (Å²) in [6.45, 7) is 4.43. The monoisotopic (exact) mass is 285 g/mol. The highest BCUT2D eigenvalue weighted by Gasteiger charge is 2.17. The van der Waals surface area contributed by atoms with Gasteiger partial charge in [0.25, 0.3) is 0 Å². The first-order valence-corrected chi connectivity index (χ1v) is 8.17. The van der Waals surface area contributed by atoms with Gasteiger partial charge in [-0.2, -0.15) is 0 Å². The number of rotatable bonds is 8. The Morgan fingerprint density at radius 3 is 2.47 bits per heavy atom. The number of hydrogen-bond donors (Lipinski definition) is 2. The second-order valence-corrected chi connectivity index (χ2v) is 6.98. The summed E-state index contributed by atoms with van der Waals surface area (Å²) in [6, 6.07) is 3.47. The van der Waals surface area contributed by atoms with E-state index in [2.05, 4.69) is 9.71 Å². The van der Waals surface area contributed by atoms with E-state index < -0.39 is 10.0 Å². The number of nitrogens with one attached hydrogen (secondary N) is 1. The smallest absolute Gasteiger partial charge is 0.212 e. The molecule has 0 aliphatic carbocycles. The van der Waals surface area contributed by atoms with Crippen LogP contribution >= 0.6 is 0 Å². The van der Waals surface area contributed by atoms with E-state index in [4.69, 9.17) is 5.73 Å². The van der Waals surface area contributed by atoms with Crippen LogP contribution in [0.1, 0.15) is 25.8 Å². The van der Waals surface area contributed by atoms with Gasteiger partial charge >= 0.3 is 0 Å². The molecule has 5 nitrogen and oxygen atoms in total. The van der Waals surface area contributed by atoms with Crippen LogP contribution in [0.25, 0.3) is 0 Å². The number of pyridine rings is 1. The molecular formula is C13H23N3O2S. The van der Waals surface area contributed by atoms with Gasteiger partial charge in [-0.05, 0) is 36.5 Å². The Morgan fingerprint density at radius 1 is 1.32 bits per heavy atom. The maximum atomic E-state index is 12.0. The average molecular weight is 285 g/mol. The molecule has 0 aliphatic rings. The lowest BCUT2D eigenvalue weighted by Crippen LogP contribution is -2.42. The van der Waals surface area contributed by atoms with Gasteiger partial charge in [-0.3, -0.25) is 4.98 Å². The van der Waals surface area contributed by atoms with Gasteiger partial charge in [-0.25, -0.2) is 13.1 Å². The van der Waals surface area contributed by atoms with Gasteiger partial charge in [0.15, 0.2) is 0 Å². The molecule has 6 heteroatoms. The van der Waals surface area contributed by atoms with Crippen molar-refractivity contribution in [3.8, 4) is 0 Å². The van der Waals surface area contributed by atoms with Crippen LogP contribution in [-0.2, 0) is 16.4 Å². The van der Waals surface area contributed by atoms with Crippen LogP contribution < -0.4 is 10.5 Å². The molecule has 1 aromatic rings. The van der Waals surface area contributed by atoms with Crippen molar-refractivity contribution in [1.82, 2.24) is 9.71 Å². The second kappa shape index (κ2) is 7.57. The van der Waals surface area contributed by atoms with Gasteiger partial charge in [0.1, 0.15) is 0 Å². The zero-order valence-electron chi connectivity index (χ0n) is 11.5. The molecule has 1 rings (SSSR count). The summed E-state index contributed by atoms with van der Waals surface area (Å²) in [6.07, 6.45) is 4.56. The average Bonchev–Trinajstić information content (AvgIpc) is 2.36. The molecule has 1 unspecified atom stereocenters. The topological polar surface area (TPSA) is 85.1 Å². The predicted octanol–water partition coefficient (Wildman–Crippen LogP) is 0.917. The third kappa shape index (κ3) is 6.66. The van der Waals surface area contributed by atoms with Crippen molar-refractivity contribution in [2.45, 2.75) is 32.7 Å². The molecule has 0 aliphatic heterocycles. The van der Waals surface area contributed by atoms with Crippen LogP contribution in [0.5, 0.6) is 0 Å². The summed E-state index contributed by atoms with van der Waals surface area (Å²) in [7, 11) is -3.29. The van der Waals surface area contributed by atoms with Gasteiger partial charge in [-0.1, -0.05) is 13.8 Å². The minimum Gasteiger partial charge on any atom is -0.329 e. The molecule has 0 fully saturated rings. The van der Waals surface area contributed by atoms with Crippen LogP contribution in [-0.4, -0.2) is 31.7 Å². The number of sulfonamides is 1. The highest BCUT2D eigenvalue weighted by molar-refractivity contribution is 7.89. The van der Waals surface area contributed by atoms with E-state index in [1.54, 1.807) is 12.4 Å². The summed E-state index contributed by atoms with van der Waals surface area (Å²) in [5.74, 6) is 0.488. The quantitative estimate of drug-likeness (QED) is 0.743. The maximum Gasteiger partial charge on any atom is 0.212 e. The van der Waals surface area contributed by atoms with Crippen LogP contribution in [0, 0.1) is 5.92 Å². The highest BCUT2D eigenvalue weighted by Crippen LogP contribution is 2.06. The van der Waals surface area contributed by atoms with Crippen molar-refractivity contribution in [3.63, 3.8) is 0 Å². The van der Waals surface area contributed by atoms with Crippen molar-refractivity contribution >= 4 is 10.0 Å². The van der Waals surface area contributed by atoms with Crippen LogP contribution in [0.3, 0.4) is 0 Å². The van der Waals surface area contributed by atoms with Crippen molar-refractivity contribution in [1.29, 1.82) is 0 Å². The lowest BCUT2D eigenvalue weighted by molar-refractivity contribution is 0.465. The number of hydrogen-bond acceptors (Lipinski definition) is 4. The summed E-state index contributed by atoms with van der Waals surface area (Å²) in [5, 5.41) is 0. The first-order valence-electron chi connectivity index (χ1n) is 6.52. The highest BCUT2D eigenvalue weighted by atomic mass is 32.2. The molecule has 1 atom stereocenters. The van der Waals surface area contributed by atoms with Gasteiger partial charge in [0.05, 0.1) is 5.75 Å². The van der Waals surface area contributed by atoms with Crippen LogP contribution in [0.4, 0.5) is 0 Å².